The Labute approximate surface area is 57.5 Å². The summed E-state index contributed by atoms with van der Waals surface area (Å²) in [6.07, 6.45) is 1.67. The third-order valence-corrected chi connectivity index (χ3v) is 1.32. The molecular formula is C8H17F. The molecule has 0 saturated carbocycles. The van der Waals surface area contributed by atoms with Crippen LogP contribution in [0.4, 0.5) is 4.39 Å². The molecule has 0 rings (SSSR count). The first-order chi connectivity index (χ1) is 3.92. The van der Waals surface area contributed by atoms with Crippen LogP contribution in [0.15, 0.2) is 0 Å². The number of hydrogen-bond donors (Lipinski definition) is 0. The lowest BCUT2D eigenvalue weighted by molar-refractivity contribution is 0.189. The monoisotopic (exact) mass is 131 g/mol. The van der Waals surface area contributed by atoms with Gasteiger partial charge < -0.3 is 0 Å². The topological polar surface area (TPSA) is 0 Å². The molecule has 0 saturated heterocycles. The van der Waals surface area contributed by atoms with E-state index in [2.05, 4.69) is 13.8 Å². The van der Waals surface area contributed by atoms with Crippen LogP contribution in [0.2, 0.25) is 0 Å². The minimum Gasteiger partial charge on any atom is -0.245 e. The van der Waals surface area contributed by atoms with Crippen LogP contribution in [0, 0.1) is 5.92 Å². The van der Waals surface area contributed by atoms with Crippen LogP contribution in [0.1, 0.15) is 40.5 Å². The Hall–Kier alpha value is -0.0700. The van der Waals surface area contributed by atoms with Gasteiger partial charge >= 0.3 is 0 Å². The summed E-state index contributed by atoms with van der Waals surface area (Å²) in [6.45, 7) is 7.50. The molecule has 0 nitrogen and oxygen atoms in total. The van der Waals surface area contributed by atoms with Crippen LogP contribution in [-0.2, 0) is 0 Å². The molecular weight excluding hydrogens is 114 g/mol. The fraction of sp³-hybridized carbons (Fsp3) is 1.00. The zero-order valence-electron chi connectivity index (χ0n) is 6.87. The van der Waals surface area contributed by atoms with Crippen molar-refractivity contribution in [2.75, 3.05) is 0 Å². The molecule has 0 aromatic carbocycles. The van der Waals surface area contributed by atoms with E-state index in [4.69, 9.17) is 0 Å². The van der Waals surface area contributed by atoms with Crippen LogP contribution < -0.4 is 0 Å². The van der Waals surface area contributed by atoms with Crippen molar-refractivity contribution in [3.8, 4) is 0 Å². The largest absolute Gasteiger partial charge is 0.245 e. The molecule has 0 heterocycles. The summed E-state index contributed by atoms with van der Waals surface area (Å²) < 4.78 is 12.7. The second-order valence-corrected chi connectivity index (χ2v) is 3.65. The Morgan fingerprint density at radius 2 is 1.78 bits per heavy atom. The highest BCUT2D eigenvalue weighted by molar-refractivity contribution is 4.65. The summed E-state index contributed by atoms with van der Waals surface area (Å²) in [5, 5.41) is 0. The fourth-order valence-electron chi connectivity index (χ4n) is 0.632. The summed E-state index contributed by atoms with van der Waals surface area (Å²) >= 11 is 0. The van der Waals surface area contributed by atoms with Gasteiger partial charge in [-0.3, -0.25) is 0 Å². The van der Waals surface area contributed by atoms with E-state index < -0.39 is 5.67 Å². The van der Waals surface area contributed by atoms with Gasteiger partial charge in [-0.1, -0.05) is 13.8 Å². The first-order valence-corrected chi connectivity index (χ1v) is 3.61. The van der Waals surface area contributed by atoms with Crippen molar-refractivity contribution >= 4 is 0 Å². The van der Waals surface area contributed by atoms with Gasteiger partial charge in [0.2, 0.25) is 0 Å². The molecule has 0 radical (unpaired) electrons. The Balaban J connectivity index is 3.28. The third kappa shape index (κ3) is 7.93. The fourth-order valence-corrected chi connectivity index (χ4v) is 0.632. The number of hydrogen-bond acceptors (Lipinski definition) is 0. The van der Waals surface area contributed by atoms with Crippen molar-refractivity contribution < 1.29 is 4.39 Å². The van der Waals surface area contributed by atoms with E-state index in [0.29, 0.717) is 12.3 Å². The molecule has 1 heteroatoms. The lowest BCUT2D eigenvalue weighted by Crippen LogP contribution is -2.12. The van der Waals surface area contributed by atoms with E-state index >= 15 is 0 Å². The summed E-state index contributed by atoms with van der Waals surface area (Å²) in [4.78, 5) is 0. The molecule has 56 valence electrons. The Morgan fingerprint density at radius 1 is 1.33 bits per heavy atom. The summed E-state index contributed by atoms with van der Waals surface area (Å²) in [5.74, 6) is 0.625. The van der Waals surface area contributed by atoms with Gasteiger partial charge in [0, 0.05) is 0 Å². The average Bonchev–Trinajstić information content (AvgIpc) is 1.59. The molecule has 0 fully saturated rings. The van der Waals surface area contributed by atoms with Crippen molar-refractivity contribution in [1.82, 2.24) is 0 Å². The van der Waals surface area contributed by atoms with E-state index in [1.54, 1.807) is 13.8 Å². The molecule has 0 unspecified atom stereocenters. The van der Waals surface area contributed by atoms with Crippen LogP contribution >= 0.6 is 0 Å². The van der Waals surface area contributed by atoms with Gasteiger partial charge in [-0.2, -0.15) is 0 Å². The van der Waals surface area contributed by atoms with Gasteiger partial charge in [-0.15, -0.1) is 0 Å². The van der Waals surface area contributed by atoms with Gasteiger partial charge in [0.25, 0.3) is 0 Å². The summed E-state index contributed by atoms with van der Waals surface area (Å²) in [7, 11) is 0. The lowest BCUT2D eigenvalue weighted by atomic mass is 9.98. The van der Waals surface area contributed by atoms with E-state index in [1.165, 1.54) is 0 Å². The van der Waals surface area contributed by atoms with Crippen LogP contribution in [0.5, 0.6) is 0 Å². The minimum atomic E-state index is -0.968. The third-order valence-electron chi connectivity index (χ3n) is 1.32. The number of rotatable bonds is 3. The first-order valence-electron chi connectivity index (χ1n) is 3.61. The number of halogens is 1. The molecule has 0 aliphatic rings. The maximum absolute atomic E-state index is 12.7. The Bertz CT molecular complexity index is 69.1. The molecule has 0 aromatic heterocycles. The van der Waals surface area contributed by atoms with Crippen molar-refractivity contribution in [2.45, 2.75) is 46.2 Å². The first kappa shape index (κ1) is 8.93. The standard InChI is InChI=1S/C8H17F/c1-7(2)5-6-8(3,4)9/h7H,5-6H2,1-4H3/i9-1. The van der Waals surface area contributed by atoms with E-state index in [-0.39, 0.29) is 0 Å². The number of alkyl halides is 1. The van der Waals surface area contributed by atoms with Gasteiger partial charge in [-0.25, -0.2) is 4.39 Å². The van der Waals surface area contributed by atoms with Gasteiger partial charge in [0.15, 0.2) is 0 Å². The van der Waals surface area contributed by atoms with E-state index in [9.17, 15) is 4.39 Å². The highest BCUT2D eigenvalue weighted by Crippen LogP contribution is 2.18. The average molecular weight is 131 g/mol. The minimum absolute atomic E-state index is 0.625. The second kappa shape index (κ2) is 3.19. The maximum Gasteiger partial charge on any atom is 0.105 e. The van der Waals surface area contributed by atoms with Crippen LogP contribution in [-0.4, -0.2) is 5.67 Å². The van der Waals surface area contributed by atoms with Gasteiger partial charge in [-0.05, 0) is 32.6 Å². The predicted octanol–water partition coefficient (Wildman–Crippen LogP) is 3.17. The van der Waals surface area contributed by atoms with Gasteiger partial charge in [0.1, 0.15) is 5.67 Å². The van der Waals surface area contributed by atoms with Crippen LogP contribution in [0.25, 0.3) is 0 Å². The van der Waals surface area contributed by atoms with Crippen molar-refractivity contribution in [3.05, 3.63) is 0 Å². The molecule has 0 aromatic rings. The maximum atomic E-state index is 12.7. The molecule has 0 aliphatic carbocycles. The SMILES string of the molecule is CC(C)CCC(C)(C)[18F]. The zero-order valence-corrected chi connectivity index (χ0v) is 6.87. The summed E-state index contributed by atoms with van der Waals surface area (Å²) in [6, 6.07) is 0. The van der Waals surface area contributed by atoms with Crippen molar-refractivity contribution in [2.24, 2.45) is 5.92 Å². The van der Waals surface area contributed by atoms with E-state index in [0.717, 1.165) is 6.42 Å². The quantitative estimate of drug-likeness (QED) is 0.552. The summed E-state index contributed by atoms with van der Waals surface area (Å²) in [5.41, 5.74) is -0.968. The molecule has 0 aliphatic heterocycles. The molecule has 0 atom stereocenters. The Morgan fingerprint density at radius 3 is 1.89 bits per heavy atom. The smallest absolute Gasteiger partial charge is 0.105 e. The van der Waals surface area contributed by atoms with Gasteiger partial charge in [0.05, 0.1) is 0 Å². The zero-order chi connectivity index (χ0) is 7.49. The molecule has 0 amide bonds. The predicted molar refractivity (Wildman–Crippen MR) is 39.3 cm³/mol. The molecule has 0 N–H and O–H groups in total. The normalized spacial score (nSPS) is 12.7. The van der Waals surface area contributed by atoms with E-state index in [1.807, 2.05) is 0 Å². The second-order valence-electron chi connectivity index (χ2n) is 3.65. The molecule has 0 spiro atoms. The lowest BCUT2D eigenvalue weighted by Gasteiger charge is -2.14. The Kier molecular flexibility index (Phi) is 3.16. The molecule has 9 heavy (non-hydrogen) atoms. The van der Waals surface area contributed by atoms with Crippen LogP contribution in [0.3, 0.4) is 0 Å². The van der Waals surface area contributed by atoms with Crippen molar-refractivity contribution in [1.29, 1.82) is 0 Å². The highest BCUT2D eigenvalue weighted by Gasteiger charge is 2.14. The highest BCUT2D eigenvalue weighted by atomic mass is 18.2. The van der Waals surface area contributed by atoms with Crippen molar-refractivity contribution in [3.63, 3.8) is 0 Å². The molecule has 0 bridgehead atoms.